The van der Waals surface area contributed by atoms with Crippen LogP contribution in [-0.4, -0.2) is 20.4 Å². The van der Waals surface area contributed by atoms with Crippen molar-refractivity contribution in [3.8, 4) is 12.1 Å². The Labute approximate surface area is 109 Å². The van der Waals surface area contributed by atoms with Crippen molar-refractivity contribution >= 4 is 27.1 Å². The minimum Gasteiger partial charge on any atom is -0.284 e. The van der Waals surface area contributed by atoms with Gasteiger partial charge in [0, 0.05) is 0 Å². The highest BCUT2D eigenvalue weighted by Crippen LogP contribution is 2.20. The fourth-order valence-corrected chi connectivity index (χ4v) is 1.63. The molecule has 0 unspecified atom stereocenters. The summed E-state index contributed by atoms with van der Waals surface area (Å²) in [5, 5.41) is 20.3. The molecule has 19 heavy (non-hydrogen) atoms. The summed E-state index contributed by atoms with van der Waals surface area (Å²) in [4.78, 5) is 0. The predicted molar refractivity (Wildman–Crippen MR) is 67.2 cm³/mol. The highest BCUT2D eigenvalue weighted by atomic mass is 32.2. The second-order valence-electron chi connectivity index (χ2n) is 3.36. The molecule has 0 heterocycles. The van der Waals surface area contributed by atoms with E-state index in [0.717, 1.165) is 18.4 Å². The smallest absolute Gasteiger partial charge is 0.237 e. The molecule has 0 spiro atoms. The maximum absolute atomic E-state index is 13.4. The van der Waals surface area contributed by atoms with Crippen LogP contribution in [0.5, 0.6) is 0 Å². The molecule has 0 fully saturated rings. The van der Waals surface area contributed by atoms with Crippen LogP contribution in [0.2, 0.25) is 0 Å². The first-order chi connectivity index (χ1) is 8.85. The molecule has 0 aliphatic carbocycles. The van der Waals surface area contributed by atoms with Crippen molar-refractivity contribution in [3.05, 3.63) is 24.0 Å². The molecule has 0 atom stereocenters. The normalized spacial score (nSPS) is 9.89. The van der Waals surface area contributed by atoms with Crippen LogP contribution in [0.3, 0.4) is 0 Å². The Morgan fingerprint density at radius 2 is 2.00 bits per heavy atom. The standard InChI is InChI=1S/C10H8FN5O2S/c1-19(17,18)16-7-2-3-9(11)10(4-7)15-14-8(5-12)6-13/h2-4,15-16H,1H3. The molecule has 0 radical (unpaired) electrons. The van der Waals surface area contributed by atoms with Crippen LogP contribution in [0.15, 0.2) is 23.3 Å². The van der Waals surface area contributed by atoms with Crippen molar-refractivity contribution in [3.63, 3.8) is 0 Å². The van der Waals surface area contributed by atoms with Gasteiger partial charge in [-0.1, -0.05) is 0 Å². The third-order valence-corrected chi connectivity index (χ3v) is 2.38. The van der Waals surface area contributed by atoms with Gasteiger partial charge in [-0.15, -0.1) is 0 Å². The summed E-state index contributed by atoms with van der Waals surface area (Å²) >= 11 is 0. The number of benzene rings is 1. The zero-order valence-corrected chi connectivity index (χ0v) is 10.5. The number of hydrazone groups is 1. The largest absolute Gasteiger partial charge is 0.284 e. The van der Waals surface area contributed by atoms with Crippen LogP contribution >= 0.6 is 0 Å². The monoisotopic (exact) mass is 281 g/mol. The first-order valence-electron chi connectivity index (χ1n) is 4.77. The average Bonchev–Trinajstić information content (AvgIpc) is 2.32. The van der Waals surface area contributed by atoms with E-state index >= 15 is 0 Å². The number of halogens is 1. The van der Waals surface area contributed by atoms with E-state index in [1.807, 2.05) is 0 Å². The summed E-state index contributed by atoms with van der Waals surface area (Å²) in [6.45, 7) is 0. The van der Waals surface area contributed by atoms with Crippen molar-refractivity contribution in [2.45, 2.75) is 0 Å². The lowest BCUT2D eigenvalue weighted by Crippen LogP contribution is -2.10. The van der Waals surface area contributed by atoms with Crippen molar-refractivity contribution in [1.82, 2.24) is 0 Å². The first kappa shape index (κ1) is 14.4. The summed E-state index contributed by atoms with van der Waals surface area (Å²) in [6, 6.07) is 6.36. The van der Waals surface area contributed by atoms with Crippen LogP contribution < -0.4 is 10.1 Å². The molecule has 0 bridgehead atoms. The summed E-state index contributed by atoms with van der Waals surface area (Å²) < 4.78 is 37.6. The lowest BCUT2D eigenvalue weighted by atomic mass is 10.3. The first-order valence-corrected chi connectivity index (χ1v) is 6.66. The van der Waals surface area contributed by atoms with Gasteiger partial charge >= 0.3 is 0 Å². The Hall–Kier alpha value is -2.65. The van der Waals surface area contributed by atoms with Crippen LogP contribution in [0, 0.1) is 28.5 Å². The number of hydrogen-bond donors (Lipinski definition) is 2. The Bertz CT molecular complexity index is 684. The van der Waals surface area contributed by atoms with Crippen molar-refractivity contribution in [2.75, 3.05) is 16.4 Å². The van der Waals surface area contributed by atoms with Gasteiger partial charge < -0.3 is 0 Å². The molecule has 1 rings (SSSR count). The van der Waals surface area contributed by atoms with E-state index < -0.39 is 21.6 Å². The van der Waals surface area contributed by atoms with Gasteiger partial charge in [-0.25, -0.2) is 12.8 Å². The van der Waals surface area contributed by atoms with E-state index in [2.05, 4.69) is 15.2 Å². The van der Waals surface area contributed by atoms with E-state index in [1.165, 1.54) is 18.2 Å². The number of anilines is 2. The second-order valence-corrected chi connectivity index (χ2v) is 5.11. The van der Waals surface area contributed by atoms with E-state index in [4.69, 9.17) is 10.5 Å². The van der Waals surface area contributed by atoms with E-state index in [-0.39, 0.29) is 11.4 Å². The molecular weight excluding hydrogens is 273 g/mol. The van der Waals surface area contributed by atoms with Gasteiger partial charge in [0.2, 0.25) is 15.7 Å². The molecule has 0 aromatic heterocycles. The van der Waals surface area contributed by atoms with Gasteiger partial charge in [-0.2, -0.15) is 15.6 Å². The average molecular weight is 281 g/mol. The van der Waals surface area contributed by atoms with Gasteiger partial charge in [-0.05, 0) is 18.2 Å². The topological polar surface area (TPSA) is 118 Å². The molecule has 2 N–H and O–H groups in total. The number of hydrogen-bond acceptors (Lipinski definition) is 6. The van der Waals surface area contributed by atoms with Crippen molar-refractivity contribution in [2.24, 2.45) is 5.10 Å². The molecule has 1 aromatic carbocycles. The molecule has 9 heteroatoms. The lowest BCUT2D eigenvalue weighted by Gasteiger charge is -2.07. The highest BCUT2D eigenvalue weighted by Gasteiger charge is 2.07. The Morgan fingerprint density at radius 3 is 2.53 bits per heavy atom. The minimum atomic E-state index is -3.49. The summed E-state index contributed by atoms with van der Waals surface area (Å²) in [5.74, 6) is -0.710. The molecular formula is C10H8FN5O2S. The molecule has 0 aliphatic rings. The third kappa shape index (κ3) is 4.61. The zero-order chi connectivity index (χ0) is 14.5. The number of nitriles is 2. The number of sulfonamides is 1. The molecule has 0 amide bonds. The minimum absolute atomic E-state index is 0.122. The van der Waals surface area contributed by atoms with Crippen molar-refractivity contribution < 1.29 is 12.8 Å². The number of rotatable bonds is 4. The maximum atomic E-state index is 13.4. The fourth-order valence-electron chi connectivity index (χ4n) is 1.08. The molecule has 0 saturated carbocycles. The van der Waals surface area contributed by atoms with E-state index in [9.17, 15) is 12.8 Å². The Balaban J connectivity index is 3.03. The molecule has 1 aromatic rings. The van der Waals surface area contributed by atoms with E-state index in [1.54, 1.807) is 0 Å². The van der Waals surface area contributed by atoms with Gasteiger partial charge in [0.15, 0.2) is 0 Å². The van der Waals surface area contributed by atoms with E-state index in [0.29, 0.717) is 0 Å². The van der Waals surface area contributed by atoms with Gasteiger partial charge in [0.05, 0.1) is 17.6 Å². The summed E-state index contributed by atoms with van der Waals surface area (Å²) in [7, 11) is -3.49. The number of nitrogens with one attached hydrogen (secondary N) is 2. The number of nitrogens with zero attached hydrogens (tertiary/aromatic N) is 3. The molecule has 0 saturated heterocycles. The summed E-state index contributed by atoms with van der Waals surface area (Å²) in [5.41, 5.74) is 1.64. The maximum Gasteiger partial charge on any atom is 0.237 e. The second kappa shape index (κ2) is 5.80. The fraction of sp³-hybridized carbons (Fsp3) is 0.100. The Kier molecular flexibility index (Phi) is 4.40. The molecule has 98 valence electrons. The lowest BCUT2D eigenvalue weighted by molar-refractivity contribution is 0.606. The molecule has 7 nitrogen and oxygen atoms in total. The zero-order valence-electron chi connectivity index (χ0n) is 9.68. The SMILES string of the molecule is CS(=O)(=O)Nc1ccc(F)c(NN=C(C#N)C#N)c1. The van der Waals surface area contributed by atoms with Crippen molar-refractivity contribution in [1.29, 1.82) is 10.5 Å². The Morgan fingerprint density at radius 1 is 1.37 bits per heavy atom. The van der Waals surface area contributed by atoms with Crippen LogP contribution in [-0.2, 0) is 10.0 Å². The van der Waals surface area contributed by atoms with Crippen LogP contribution in [0.1, 0.15) is 0 Å². The van der Waals surface area contributed by atoms with Crippen LogP contribution in [0.25, 0.3) is 0 Å². The predicted octanol–water partition coefficient (Wildman–Crippen LogP) is 1.01. The molecule has 0 aliphatic heterocycles. The van der Waals surface area contributed by atoms with Gasteiger partial charge in [0.25, 0.3) is 0 Å². The highest BCUT2D eigenvalue weighted by molar-refractivity contribution is 7.92. The van der Waals surface area contributed by atoms with Crippen LogP contribution in [0.4, 0.5) is 15.8 Å². The third-order valence-electron chi connectivity index (χ3n) is 1.77. The quantitative estimate of drug-likeness (QED) is 0.630. The van der Waals surface area contributed by atoms with Gasteiger partial charge in [0.1, 0.15) is 18.0 Å². The summed E-state index contributed by atoms with van der Waals surface area (Å²) in [6.07, 6.45) is 0.949. The van der Waals surface area contributed by atoms with Gasteiger partial charge in [-0.3, -0.25) is 10.1 Å².